The fraction of sp³-hybridized carbons (Fsp3) is 0.917. The van der Waals surface area contributed by atoms with E-state index in [-0.39, 0.29) is 36.4 Å². The molecule has 1 heterocycles. The van der Waals surface area contributed by atoms with Crippen molar-refractivity contribution >= 4 is 18.3 Å². The number of methoxy groups -OCH3 is 1. The van der Waals surface area contributed by atoms with Gasteiger partial charge in [-0.3, -0.25) is 4.79 Å². The predicted octanol–water partition coefficient (Wildman–Crippen LogP) is 1.42. The lowest BCUT2D eigenvalue weighted by molar-refractivity contribution is -0.137. The zero-order valence-electron chi connectivity index (χ0n) is 11.0. The van der Waals surface area contributed by atoms with E-state index in [0.717, 1.165) is 25.8 Å². The summed E-state index contributed by atoms with van der Waals surface area (Å²) in [4.78, 5) is 14.0. The molecule has 0 radical (unpaired) electrons. The van der Waals surface area contributed by atoms with Gasteiger partial charge in [-0.15, -0.1) is 12.4 Å². The van der Waals surface area contributed by atoms with Gasteiger partial charge in [0.25, 0.3) is 0 Å². The van der Waals surface area contributed by atoms with E-state index in [1.807, 2.05) is 11.8 Å². The average Bonchev–Trinajstić information content (AvgIpc) is 2.36. The van der Waals surface area contributed by atoms with Crippen LogP contribution in [0.4, 0.5) is 0 Å². The van der Waals surface area contributed by atoms with Crippen LogP contribution in [0.3, 0.4) is 0 Å². The smallest absolute Gasteiger partial charge is 0.239 e. The zero-order chi connectivity index (χ0) is 12.1. The van der Waals surface area contributed by atoms with Gasteiger partial charge in [0.1, 0.15) is 0 Å². The third-order valence-electron chi connectivity index (χ3n) is 3.57. The van der Waals surface area contributed by atoms with Crippen LogP contribution in [0.5, 0.6) is 0 Å². The Morgan fingerprint density at radius 3 is 2.76 bits per heavy atom. The molecule has 4 nitrogen and oxygen atoms in total. The first-order chi connectivity index (χ1) is 7.60. The molecule has 5 heteroatoms. The molecule has 0 aliphatic carbocycles. The molecule has 1 saturated heterocycles. The quantitative estimate of drug-likeness (QED) is 0.836. The van der Waals surface area contributed by atoms with Crippen molar-refractivity contribution in [1.29, 1.82) is 0 Å². The monoisotopic (exact) mass is 264 g/mol. The van der Waals surface area contributed by atoms with Crippen molar-refractivity contribution in [2.45, 2.75) is 45.3 Å². The highest BCUT2D eigenvalue weighted by atomic mass is 35.5. The van der Waals surface area contributed by atoms with Gasteiger partial charge in [0.05, 0.1) is 12.1 Å². The number of hydrogen-bond acceptors (Lipinski definition) is 3. The maximum absolute atomic E-state index is 12.1. The van der Waals surface area contributed by atoms with Crippen LogP contribution < -0.4 is 5.73 Å². The van der Waals surface area contributed by atoms with Gasteiger partial charge in [-0.2, -0.15) is 0 Å². The highest BCUT2D eigenvalue weighted by Gasteiger charge is 2.28. The summed E-state index contributed by atoms with van der Waals surface area (Å²) in [5, 5.41) is 0. The number of ether oxygens (including phenoxy) is 1. The number of hydrogen-bond donors (Lipinski definition) is 1. The Hall–Kier alpha value is -0.320. The van der Waals surface area contributed by atoms with Crippen molar-refractivity contribution in [1.82, 2.24) is 4.90 Å². The van der Waals surface area contributed by atoms with Crippen LogP contribution in [0.25, 0.3) is 0 Å². The summed E-state index contributed by atoms with van der Waals surface area (Å²) in [5.74, 6) is 0.325. The first kappa shape index (κ1) is 16.7. The zero-order valence-corrected chi connectivity index (χ0v) is 11.8. The topological polar surface area (TPSA) is 55.6 Å². The Balaban J connectivity index is 0.00000256. The van der Waals surface area contributed by atoms with Crippen molar-refractivity contribution in [3.63, 3.8) is 0 Å². The molecule has 2 N–H and O–H groups in total. The van der Waals surface area contributed by atoms with Crippen LogP contribution in [-0.2, 0) is 9.53 Å². The molecule has 1 aliphatic rings. The lowest BCUT2D eigenvalue weighted by Gasteiger charge is -2.34. The van der Waals surface area contributed by atoms with E-state index >= 15 is 0 Å². The minimum absolute atomic E-state index is 0. The molecule has 0 spiro atoms. The number of likely N-dealkylation sites (tertiary alicyclic amines) is 1. The number of piperidine rings is 1. The number of carbonyl (C=O) groups excluding carboxylic acids is 1. The summed E-state index contributed by atoms with van der Waals surface area (Å²) in [5.41, 5.74) is 5.96. The van der Waals surface area contributed by atoms with Gasteiger partial charge in [-0.05, 0) is 18.8 Å². The van der Waals surface area contributed by atoms with Crippen molar-refractivity contribution in [3.05, 3.63) is 0 Å². The lowest BCUT2D eigenvalue weighted by Crippen LogP contribution is -2.51. The largest absolute Gasteiger partial charge is 0.380 e. The number of nitrogens with zero attached hydrogens (tertiary/aromatic N) is 1. The van der Waals surface area contributed by atoms with Gasteiger partial charge in [-0.25, -0.2) is 0 Å². The van der Waals surface area contributed by atoms with E-state index in [1.165, 1.54) is 0 Å². The van der Waals surface area contributed by atoms with Crippen LogP contribution in [0.1, 0.15) is 33.1 Å². The summed E-state index contributed by atoms with van der Waals surface area (Å²) in [6.07, 6.45) is 3.17. The molecule has 3 unspecified atom stereocenters. The number of amides is 1. The molecular formula is C12H25ClN2O2. The van der Waals surface area contributed by atoms with E-state index in [2.05, 4.69) is 6.92 Å². The summed E-state index contributed by atoms with van der Waals surface area (Å²) in [6, 6.07) is -0.361. The first-order valence-electron chi connectivity index (χ1n) is 6.17. The molecule has 1 amide bonds. The van der Waals surface area contributed by atoms with Gasteiger partial charge in [-0.1, -0.05) is 20.3 Å². The molecule has 0 aromatic rings. The van der Waals surface area contributed by atoms with Crippen LogP contribution in [0, 0.1) is 5.92 Å². The second-order valence-corrected chi connectivity index (χ2v) is 4.70. The van der Waals surface area contributed by atoms with E-state index < -0.39 is 0 Å². The Morgan fingerprint density at radius 1 is 1.59 bits per heavy atom. The van der Waals surface area contributed by atoms with Crippen molar-refractivity contribution < 1.29 is 9.53 Å². The molecule has 1 fully saturated rings. The van der Waals surface area contributed by atoms with E-state index in [4.69, 9.17) is 10.5 Å². The van der Waals surface area contributed by atoms with Crippen molar-refractivity contribution in [2.75, 3.05) is 20.2 Å². The molecule has 0 aromatic carbocycles. The SMILES string of the molecule is CCC(C)C(N)C(=O)N1CCCC(OC)C1.Cl. The average molecular weight is 265 g/mol. The van der Waals surface area contributed by atoms with Gasteiger partial charge < -0.3 is 15.4 Å². The highest BCUT2D eigenvalue weighted by molar-refractivity contribution is 5.85. The highest BCUT2D eigenvalue weighted by Crippen LogP contribution is 2.15. The third-order valence-corrected chi connectivity index (χ3v) is 3.57. The van der Waals surface area contributed by atoms with E-state index in [1.54, 1.807) is 7.11 Å². The number of rotatable bonds is 4. The summed E-state index contributed by atoms with van der Waals surface area (Å²) >= 11 is 0. The van der Waals surface area contributed by atoms with Gasteiger partial charge in [0.15, 0.2) is 0 Å². The van der Waals surface area contributed by atoms with E-state index in [0.29, 0.717) is 6.54 Å². The van der Waals surface area contributed by atoms with Crippen LogP contribution in [0.15, 0.2) is 0 Å². The fourth-order valence-corrected chi connectivity index (χ4v) is 2.04. The predicted molar refractivity (Wildman–Crippen MR) is 71.3 cm³/mol. The molecule has 0 saturated carbocycles. The minimum Gasteiger partial charge on any atom is -0.380 e. The maximum Gasteiger partial charge on any atom is 0.239 e. The minimum atomic E-state index is -0.361. The van der Waals surface area contributed by atoms with Crippen LogP contribution >= 0.6 is 12.4 Å². The second-order valence-electron chi connectivity index (χ2n) is 4.70. The fourth-order valence-electron chi connectivity index (χ4n) is 2.04. The lowest BCUT2D eigenvalue weighted by atomic mass is 9.97. The molecule has 17 heavy (non-hydrogen) atoms. The Bertz CT molecular complexity index is 239. The molecular weight excluding hydrogens is 240 g/mol. The summed E-state index contributed by atoms with van der Waals surface area (Å²) in [6.45, 7) is 5.61. The molecule has 0 bridgehead atoms. The van der Waals surface area contributed by atoms with Crippen LogP contribution in [0.2, 0.25) is 0 Å². The summed E-state index contributed by atoms with van der Waals surface area (Å²) in [7, 11) is 1.70. The molecule has 102 valence electrons. The van der Waals surface area contributed by atoms with E-state index in [9.17, 15) is 4.79 Å². The van der Waals surface area contributed by atoms with Gasteiger partial charge in [0, 0.05) is 20.2 Å². The van der Waals surface area contributed by atoms with Gasteiger partial charge in [0.2, 0.25) is 5.91 Å². The van der Waals surface area contributed by atoms with Crippen molar-refractivity contribution in [2.24, 2.45) is 11.7 Å². The Morgan fingerprint density at radius 2 is 2.24 bits per heavy atom. The maximum atomic E-state index is 12.1. The second kappa shape index (κ2) is 7.90. The first-order valence-corrected chi connectivity index (χ1v) is 6.17. The number of nitrogens with two attached hydrogens (primary N) is 1. The molecule has 1 rings (SSSR count). The number of halogens is 1. The normalized spacial score (nSPS) is 23.8. The molecule has 3 atom stereocenters. The third kappa shape index (κ3) is 4.45. The van der Waals surface area contributed by atoms with Gasteiger partial charge >= 0.3 is 0 Å². The summed E-state index contributed by atoms with van der Waals surface area (Å²) < 4.78 is 5.30. The molecule has 0 aromatic heterocycles. The van der Waals surface area contributed by atoms with Crippen molar-refractivity contribution in [3.8, 4) is 0 Å². The Labute approximate surface area is 110 Å². The standard InChI is InChI=1S/C12H24N2O2.ClH/c1-4-9(2)11(13)12(15)14-7-5-6-10(8-14)16-3;/h9-11H,4-8,13H2,1-3H3;1H. The molecule has 1 aliphatic heterocycles. The Kier molecular flexibility index (Phi) is 7.75. The van der Waals surface area contributed by atoms with Crippen LogP contribution in [-0.4, -0.2) is 43.2 Å². The number of carbonyl (C=O) groups is 1.